The van der Waals surface area contributed by atoms with Crippen LogP contribution in [0.25, 0.3) is 0 Å². The Labute approximate surface area is 152 Å². The van der Waals surface area contributed by atoms with E-state index < -0.39 is 0 Å². The maximum absolute atomic E-state index is 10.8. The lowest BCUT2D eigenvalue weighted by Gasteiger charge is -2.23. The smallest absolute Gasteiger partial charge is 0.122 e. The van der Waals surface area contributed by atoms with Crippen LogP contribution in [0.15, 0.2) is 24.3 Å². The molecule has 2 aromatic carbocycles. The van der Waals surface area contributed by atoms with Crippen LogP contribution in [0.4, 0.5) is 0 Å². The first kappa shape index (κ1) is 19.4. The Balaban J connectivity index is 2.52. The van der Waals surface area contributed by atoms with Crippen LogP contribution in [0, 0.1) is 13.0 Å². The van der Waals surface area contributed by atoms with E-state index in [1.807, 2.05) is 12.1 Å². The van der Waals surface area contributed by atoms with Crippen LogP contribution in [0.3, 0.4) is 0 Å². The Bertz CT molecular complexity index is 759. The van der Waals surface area contributed by atoms with Crippen molar-refractivity contribution in [2.75, 3.05) is 7.11 Å². The van der Waals surface area contributed by atoms with Gasteiger partial charge < -0.3 is 9.84 Å². The van der Waals surface area contributed by atoms with Crippen LogP contribution in [0.1, 0.15) is 69.4 Å². The number of phenolic OH excluding ortho intramolecular Hbond substituents is 1. The monoisotopic (exact) mass is 339 g/mol. The minimum absolute atomic E-state index is 0.00545. The van der Waals surface area contributed by atoms with E-state index in [0.29, 0.717) is 12.2 Å². The van der Waals surface area contributed by atoms with E-state index in [1.54, 1.807) is 7.11 Å². The highest BCUT2D eigenvalue weighted by molar-refractivity contribution is 5.49. The number of rotatable bonds is 3. The molecule has 2 rings (SSSR count). The number of phenols is 1. The molecule has 0 aliphatic heterocycles. The average Bonchev–Trinajstić information content (AvgIpc) is 2.48. The summed E-state index contributed by atoms with van der Waals surface area (Å²) in [5.74, 6) is 1.23. The maximum Gasteiger partial charge on any atom is 0.122 e. The molecule has 0 bridgehead atoms. The van der Waals surface area contributed by atoms with Crippen LogP contribution >= 0.6 is 0 Å². The summed E-state index contributed by atoms with van der Waals surface area (Å²) in [7, 11) is 1.69. The second-order valence-corrected chi connectivity index (χ2v) is 8.96. The average molecular weight is 339 g/mol. The van der Waals surface area contributed by atoms with Crippen molar-refractivity contribution in [3.05, 3.63) is 58.1 Å². The molecule has 135 valence electrons. The van der Waals surface area contributed by atoms with Gasteiger partial charge in [0.25, 0.3) is 0 Å². The molecule has 0 aliphatic rings. The van der Waals surface area contributed by atoms with Crippen LogP contribution in [-0.2, 0) is 17.3 Å². The zero-order valence-corrected chi connectivity index (χ0v) is 16.9. The third-order valence-electron chi connectivity index (χ3n) is 4.46. The summed E-state index contributed by atoms with van der Waals surface area (Å²) in [6.07, 6.45) is 0.636. The SMILES string of the molecule is COc1cc(Cc2cc(C)cc(C(C)(C)C)c2O)[c]c(C(C)(C)C)c1. The molecule has 0 amide bonds. The maximum atomic E-state index is 10.8. The highest BCUT2D eigenvalue weighted by Crippen LogP contribution is 2.36. The van der Waals surface area contributed by atoms with E-state index in [0.717, 1.165) is 33.6 Å². The zero-order valence-electron chi connectivity index (χ0n) is 16.9. The molecule has 0 spiro atoms. The minimum atomic E-state index is -0.0977. The number of ether oxygens (including phenoxy) is 1. The van der Waals surface area contributed by atoms with Gasteiger partial charge in [-0.1, -0.05) is 59.2 Å². The molecular weight excluding hydrogens is 308 g/mol. The standard InChI is InChI=1S/C23H31O2/c1-15-9-17(21(24)20(10-15)23(5,6)7)11-16-12-18(22(2,3)4)14-19(13-16)25-8/h9-10,13-14,24H,11H2,1-8H3. The van der Waals surface area contributed by atoms with Gasteiger partial charge in [-0.15, -0.1) is 0 Å². The summed E-state index contributed by atoms with van der Waals surface area (Å²) < 4.78 is 5.48. The highest BCUT2D eigenvalue weighted by Gasteiger charge is 2.22. The topological polar surface area (TPSA) is 29.5 Å². The second kappa shape index (κ2) is 6.74. The van der Waals surface area contributed by atoms with Crippen LogP contribution < -0.4 is 4.74 Å². The van der Waals surface area contributed by atoms with Gasteiger partial charge in [-0.25, -0.2) is 0 Å². The number of methoxy groups -OCH3 is 1. The molecule has 0 heterocycles. The van der Waals surface area contributed by atoms with Gasteiger partial charge >= 0.3 is 0 Å². The molecule has 0 saturated heterocycles. The van der Waals surface area contributed by atoms with Gasteiger partial charge in [0.2, 0.25) is 0 Å². The van der Waals surface area contributed by atoms with Crippen LogP contribution in [0.5, 0.6) is 11.5 Å². The summed E-state index contributed by atoms with van der Waals surface area (Å²) >= 11 is 0. The van der Waals surface area contributed by atoms with Gasteiger partial charge in [-0.05, 0) is 58.2 Å². The molecule has 0 aliphatic carbocycles. The summed E-state index contributed by atoms with van der Waals surface area (Å²) in [5.41, 5.74) is 5.14. The van der Waals surface area contributed by atoms with Crippen molar-refractivity contribution in [3.63, 3.8) is 0 Å². The number of hydrogen-bond acceptors (Lipinski definition) is 2. The Morgan fingerprint density at radius 2 is 1.60 bits per heavy atom. The van der Waals surface area contributed by atoms with E-state index >= 15 is 0 Å². The number of aryl methyl sites for hydroxylation is 1. The normalized spacial score (nSPS) is 12.3. The van der Waals surface area contributed by atoms with Gasteiger partial charge in [0.15, 0.2) is 0 Å². The molecule has 25 heavy (non-hydrogen) atoms. The van der Waals surface area contributed by atoms with Gasteiger partial charge in [0, 0.05) is 6.42 Å². The molecular formula is C23H31O2. The van der Waals surface area contributed by atoms with Crippen LogP contribution in [0.2, 0.25) is 0 Å². The lowest BCUT2D eigenvalue weighted by atomic mass is 9.82. The highest BCUT2D eigenvalue weighted by atomic mass is 16.5. The first-order chi connectivity index (χ1) is 11.4. The van der Waals surface area contributed by atoms with Crippen molar-refractivity contribution in [2.45, 2.75) is 65.7 Å². The summed E-state index contributed by atoms with van der Waals surface area (Å²) in [6, 6.07) is 11.7. The molecule has 1 N–H and O–H groups in total. The van der Waals surface area contributed by atoms with E-state index in [1.165, 1.54) is 0 Å². The van der Waals surface area contributed by atoms with Crippen molar-refractivity contribution in [3.8, 4) is 11.5 Å². The summed E-state index contributed by atoms with van der Waals surface area (Å²) in [5, 5.41) is 10.8. The summed E-state index contributed by atoms with van der Waals surface area (Å²) in [6.45, 7) is 15.0. The van der Waals surface area contributed by atoms with Gasteiger partial charge in [-0.2, -0.15) is 0 Å². The Morgan fingerprint density at radius 3 is 2.12 bits per heavy atom. The largest absolute Gasteiger partial charge is 0.507 e. The number of benzene rings is 2. The van der Waals surface area contributed by atoms with Gasteiger partial charge in [0.05, 0.1) is 7.11 Å². The molecule has 0 fully saturated rings. The Morgan fingerprint density at radius 1 is 0.960 bits per heavy atom. The fraction of sp³-hybridized carbons (Fsp3) is 0.478. The zero-order chi connectivity index (χ0) is 19.0. The quantitative estimate of drug-likeness (QED) is 0.778. The fourth-order valence-electron chi connectivity index (χ4n) is 2.98. The molecule has 0 saturated carbocycles. The lowest BCUT2D eigenvalue weighted by molar-refractivity contribution is 0.412. The lowest BCUT2D eigenvalue weighted by Crippen LogP contribution is -2.13. The first-order valence-electron chi connectivity index (χ1n) is 8.85. The predicted molar refractivity (Wildman–Crippen MR) is 105 cm³/mol. The molecule has 0 unspecified atom stereocenters. The van der Waals surface area contributed by atoms with E-state index in [-0.39, 0.29) is 10.8 Å². The Kier molecular flexibility index (Phi) is 5.22. The number of hydrogen-bond donors (Lipinski definition) is 1. The van der Waals surface area contributed by atoms with E-state index in [2.05, 4.69) is 66.7 Å². The molecule has 0 atom stereocenters. The fourth-order valence-corrected chi connectivity index (χ4v) is 2.98. The van der Waals surface area contributed by atoms with E-state index in [4.69, 9.17) is 4.74 Å². The molecule has 2 heteroatoms. The molecule has 2 nitrogen and oxygen atoms in total. The molecule has 1 radical (unpaired) electrons. The minimum Gasteiger partial charge on any atom is -0.507 e. The van der Waals surface area contributed by atoms with Crippen molar-refractivity contribution < 1.29 is 9.84 Å². The van der Waals surface area contributed by atoms with Crippen molar-refractivity contribution in [1.29, 1.82) is 0 Å². The van der Waals surface area contributed by atoms with Gasteiger partial charge in [-0.3, -0.25) is 0 Å². The van der Waals surface area contributed by atoms with Crippen molar-refractivity contribution in [2.24, 2.45) is 0 Å². The van der Waals surface area contributed by atoms with Crippen molar-refractivity contribution in [1.82, 2.24) is 0 Å². The Hall–Kier alpha value is -1.96. The summed E-state index contributed by atoms with van der Waals surface area (Å²) in [4.78, 5) is 0. The third kappa shape index (κ3) is 4.56. The third-order valence-corrected chi connectivity index (χ3v) is 4.46. The van der Waals surface area contributed by atoms with Crippen LogP contribution in [-0.4, -0.2) is 12.2 Å². The first-order valence-corrected chi connectivity index (χ1v) is 8.85. The molecule has 0 aromatic heterocycles. The van der Waals surface area contributed by atoms with Crippen molar-refractivity contribution >= 4 is 0 Å². The van der Waals surface area contributed by atoms with Gasteiger partial charge in [0.1, 0.15) is 11.5 Å². The predicted octanol–water partition coefficient (Wildman–Crippen LogP) is 5.70. The molecule has 2 aromatic rings. The van der Waals surface area contributed by atoms with E-state index in [9.17, 15) is 5.11 Å². The second-order valence-electron chi connectivity index (χ2n) is 8.96. The number of aromatic hydroxyl groups is 1.